The van der Waals surface area contributed by atoms with E-state index in [-0.39, 0.29) is 6.04 Å². The minimum atomic E-state index is -0.703. The molecule has 0 amide bonds. The van der Waals surface area contributed by atoms with Crippen molar-refractivity contribution in [3.8, 4) is 0 Å². The van der Waals surface area contributed by atoms with Crippen molar-refractivity contribution in [2.24, 2.45) is 0 Å². The fourth-order valence-corrected chi connectivity index (χ4v) is 2.79. The summed E-state index contributed by atoms with van der Waals surface area (Å²) in [7, 11) is 0. The van der Waals surface area contributed by atoms with Crippen LogP contribution in [0.25, 0.3) is 0 Å². The Morgan fingerprint density at radius 1 is 1.19 bits per heavy atom. The molecule has 2 aliphatic rings. The van der Waals surface area contributed by atoms with E-state index >= 15 is 0 Å². The van der Waals surface area contributed by atoms with Gasteiger partial charge in [-0.25, -0.2) is 4.39 Å². The van der Waals surface area contributed by atoms with Crippen LogP contribution in [0.1, 0.15) is 11.1 Å². The van der Waals surface area contributed by atoms with Crippen LogP contribution in [0.2, 0.25) is 0 Å². The number of benzene rings is 1. The van der Waals surface area contributed by atoms with Gasteiger partial charge in [-0.1, -0.05) is 24.3 Å². The molecule has 0 aromatic heterocycles. The molecule has 0 aliphatic carbocycles. The molecule has 86 valence electrons. The highest BCUT2D eigenvalue weighted by molar-refractivity contribution is 5.29. The summed E-state index contributed by atoms with van der Waals surface area (Å²) in [5, 5.41) is 3.13. The second-order valence-corrected chi connectivity index (χ2v) is 4.73. The molecular weight excluding hydrogens is 203 g/mol. The predicted molar refractivity (Wildman–Crippen MR) is 62.1 cm³/mol. The minimum Gasteiger partial charge on any atom is -0.312 e. The van der Waals surface area contributed by atoms with Crippen molar-refractivity contribution in [2.75, 3.05) is 19.6 Å². The standard InChI is InChI=1S/C13H17FN2/c14-12-7-15-8-13(12)16-6-5-10-3-1-2-4-11(10)9-16/h1-4,12-13,15H,5-9H2/t12-,13+/m1/s1. The molecule has 2 atom stereocenters. The van der Waals surface area contributed by atoms with Crippen LogP contribution in [-0.4, -0.2) is 36.7 Å². The summed E-state index contributed by atoms with van der Waals surface area (Å²) in [5.41, 5.74) is 2.80. The van der Waals surface area contributed by atoms with E-state index in [4.69, 9.17) is 0 Å². The van der Waals surface area contributed by atoms with Crippen molar-refractivity contribution in [3.63, 3.8) is 0 Å². The molecule has 1 aromatic rings. The summed E-state index contributed by atoms with van der Waals surface area (Å²) < 4.78 is 13.6. The fourth-order valence-electron chi connectivity index (χ4n) is 2.79. The van der Waals surface area contributed by atoms with E-state index in [0.29, 0.717) is 6.54 Å². The van der Waals surface area contributed by atoms with Crippen molar-refractivity contribution in [1.82, 2.24) is 10.2 Å². The first kappa shape index (κ1) is 10.2. The normalized spacial score (nSPS) is 30.3. The van der Waals surface area contributed by atoms with Gasteiger partial charge in [0.2, 0.25) is 0 Å². The minimum absolute atomic E-state index is 0.0772. The Hall–Kier alpha value is -0.930. The quantitative estimate of drug-likeness (QED) is 0.768. The fraction of sp³-hybridized carbons (Fsp3) is 0.538. The van der Waals surface area contributed by atoms with Gasteiger partial charge in [0.1, 0.15) is 6.17 Å². The van der Waals surface area contributed by atoms with Gasteiger partial charge in [0, 0.05) is 26.2 Å². The molecule has 0 unspecified atom stereocenters. The molecule has 1 aromatic carbocycles. The maximum atomic E-state index is 13.6. The molecule has 0 spiro atoms. The van der Waals surface area contributed by atoms with E-state index in [1.165, 1.54) is 11.1 Å². The zero-order chi connectivity index (χ0) is 11.0. The SMILES string of the molecule is F[C@@H]1CNC[C@@H]1N1CCc2ccccc2C1. The van der Waals surface area contributed by atoms with Crippen LogP contribution in [-0.2, 0) is 13.0 Å². The first-order valence-corrected chi connectivity index (χ1v) is 6.00. The number of nitrogens with one attached hydrogen (secondary N) is 1. The molecule has 3 heteroatoms. The van der Waals surface area contributed by atoms with Crippen LogP contribution in [0.5, 0.6) is 0 Å². The van der Waals surface area contributed by atoms with Crippen molar-refractivity contribution in [1.29, 1.82) is 0 Å². The Bertz CT molecular complexity index is 380. The maximum Gasteiger partial charge on any atom is 0.129 e. The van der Waals surface area contributed by atoms with Crippen molar-refractivity contribution in [3.05, 3.63) is 35.4 Å². The van der Waals surface area contributed by atoms with Gasteiger partial charge in [-0.2, -0.15) is 0 Å². The lowest BCUT2D eigenvalue weighted by Crippen LogP contribution is -2.44. The largest absolute Gasteiger partial charge is 0.312 e. The van der Waals surface area contributed by atoms with Gasteiger partial charge >= 0.3 is 0 Å². The predicted octanol–water partition coefficient (Wildman–Crippen LogP) is 1.35. The molecule has 1 saturated heterocycles. The lowest BCUT2D eigenvalue weighted by Gasteiger charge is -2.34. The molecule has 2 heterocycles. The van der Waals surface area contributed by atoms with E-state index in [1.807, 2.05) is 0 Å². The smallest absolute Gasteiger partial charge is 0.129 e. The Kier molecular flexibility index (Phi) is 2.65. The molecule has 0 saturated carbocycles. The molecule has 0 radical (unpaired) electrons. The van der Waals surface area contributed by atoms with Crippen LogP contribution in [0, 0.1) is 0 Å². The van der Waals surface area contributed by atoms with Crippen LogP contribution in [0.15, 0.2) is 24.3 Å². The summed E-state index contributed by atoms with van der Waals surface area (Å²) in [4.78, 5) is 2.28. The first-order valence-electron chi connectivity index (χ1n) is 6.00. The number of nitrogens with zero attached hydrogens (tertiary/aromatic N) is 1. The summed E-state index contributed by atoms with van der Waals surface area (Å²) in [5.74, 6) is 0. The van der Waals surface area contributed by atoms with E-state index in [9.17, 15) is 4.39 Å². The number of hydrogen-bond acceptors (Lipinski definition) is 2. The Morgan fingerprint density at radius 2 is 2.00 bits per heavy atom. The Labute approximate surface area is 95.4 Å². The second kappa shape index (κ2) is 4.15. The topological polar surface area (TPSA) is 15.3 Å². The molecule has 1 fully saturated rings. The zero-order valence-corrected chi connectivity index (χ0v) is 9.32. The number of alkyl halides is 1. The third kappa shape index (κ3) is 1.74. The molecule has 3 rings (SSSR count). The van der Waals surface area contributed by atoms with Crippen LogP contribution < -0.4 is 5.32 Å². The highest BCUT2D eigenvalue weighted by Crippen LogP contribution is 2.23. The molecule has 2 aliphatic heterocycles. The molecule has 16 heavy (non-hydrogen) atoms. The van der Waals surface area contributed by atoms with Crippen molar-refractivity contribution < 1.29 is 4.39 Å². The number of rotatable bonds is 1. The number of hydrogen-bond donors (Lipinski definition) is 1. The average Bonchev–Trinajstić information content (AvgIpc) is 2.75. The molecule has 0 bridgehead atoms. The van der Waals surface area contributed by atoms with E-state index in [1.54, 1.807) is 0 Å². The van der Waals surface area contributed by atoms with Gasteiger partial charge < -0.3 is 5.32 Å². The summed E-state index contributed by atoms with van der Waals surface area (Å²) >= 11 is 0. The second-order valence-electron chi connectivity index (χ2n) is 4.73. The molecular formula is C13H17FN2. The lowest BCUT2D eigenvalue weighted by molar-refractivity contribution is 0.130. The Morgan fingerprint density at radius 3 is 2.75 bits per heavy atom. The Balaban J connectivity index is 1.77. The third-order valence-electron chi connectivity index (χ3n) is 3.74. The van der Waals surface area contributed by atoms with E-state index < -0.39 is 6.17 Å². The van der Waals surface area contributed by atoms with Crippen molar-refractivity contribution in [2.45, 2.75) is 25.2 Å². The summed E-state index contributed by atoms with van der Waals surface area (Å²) in [6, 6.07) is 8.59. The highest BCUT2D eigenvalue weighted by Gasteiger charge is 2.33. The highest BCUT2D eigenvalue weighted by atomic mass is 19.1. The van der Waals surface area contributed by atoms with Gasteiger partial charge in [0.25, 0.3) is 0 Å². The van der Waals surface area contributed by atoms with Crippen molar-refractivity contribution >= 4 is 0 Å². The zero-order valence-electron chi connectivity index (χ0n) is 9.32. The average molecular weight is 220 g/mol. The monoisotopic (exact) mass is 220 g/mol. The number of halogens is 1. The van der Waals surface area contributed by atoms with Gasteiger partial charge in [0.15, 0.2) is 0 Å². The van der Waals surface area contributed by atoms with Gasteiger partial charge in [-0.3, -0.25) is 4.90 Å². The van der Waals surface area contributed by atoms with Crippen LogP contribution in [0.3, 0.4) is 0 Å². The maximum absolute atomic E-state index is 13.6. The lowest BCUT2D eigenvalue weighted by atomic mass is 9.98. The van der Waals surface area contributed by atoms with E-state index in [2.05, 4.69) is 34.5 Å². The molecule has 1 N–H and O–H groups in total. The van der Waals surface area contributed by atoms with Gasteiger partial charge in [0.05, 0.1) is 6.04 Å². The third-order valence-corrected chi connectivity index (χ3v) is 3.74. The van der Waals surface area contributed by atoms with Crippen LogP contribution >= 0.6 is 0 Å². The van der Waals surface area contributed by atoms with Gasteiger partial charge in [-0.05, 0) is 17.5 Å². The van der Waals surface area contributed by atoms with E-state index in [0.717, 1.165) is 26.1 Å². The summed E-state index contributed by atoms with van der Waals surface area (Å²) in [6.45, 7) is 3.21. The van der Waals surface area contributed by atoms with Crippen LogP contribution in [0.4, 0.5) is 4.39 Å². The summed E-state index contributed by atoms with van der Waals surface area (Å²) in [6.07, 6.45) is 0.351. The number of fused-ring (bicyclic) bond motifs is 1. The first-order chi connectivity index (χ1) is 7.84. The molecule has 2 nitrogen and oxygen atoms in total. The van der Waals surface area contributed by atoms with Gasteiger partial charge in [-0.15, -0.1) is 0 Å².